The van der Waals surface area contributed by atoms with Crippen molar-refractivity contribution in [1.29, 1.82) is 0 Å². The van der Waals surface area contributed by atoms with Crippen LogP contribution in [-0.4, -0.2) is 22.7 Å². The Bertz CT molecular complexity index is 350. The van der Waals surface area contributed by atoms with E-state index in [0.717, 1.165) is 11.3 Å². The first kappa shape index (κ1) is 11.7. The molecule has 1 aromatic heterocycles. The van der Waals surface area contributed by atoms with Crippen LogP contribution in [0.15, 0.2) is 12.3 Å². The average Bonchev–Trinajstić information content (AvgIpc) is 2.19. The average molecular weight is 209 g/mol. The number of esters is 1. The van der Waals surface area contributed by atoms with Crippen LogP contribution in [0.3, 0.4) is 0 Å². The Labute approximate surface area is 88.9 Å². The molecule has 0 aliphatic rings. The largest absolute Gasteiger partial charge is 0.426 e. The van der Waals surface area contributed by atoms with Crippen LogP contribution in [-0.2, 0) is 11.2 Å². The van der Waals surface area contributed by atoms with Crippen molar-refractivity contribution in [2.75, 3.05) is 6.61 Å². The first-order valence-corrected chi connectivity index (χ1v) is 4.89. The van der Waals surface area contributed by atoms with Crippen molar-refractivity contribution in [3.05, 3.63) is 23.5 Å². The van der Waals surface area contributed by atoms with Gasteiger partial charge < -0.3 is 9.84 Å². The fraction of sp³-hybridized carbons (Fsp3) is 0.455. The fourth-order valence-electron chi connectivity index (χ4n) is 1.32. The van der Waals surface area contributed by atoms with Crippen LogP contribution >= 0.6 is 0 Å². The molecule has 0 fully saturated rings. The monoisotopic (exact) mass is 209 g/mol. The van der Waals surface area contributed by atoms with E-state index >= 15 is 0 Å². The molecule has 0 saturated heterocycles. The van der Waals surface area contributed by atoms with Crippen LogP contribution in [0, 0.1) is 6.92 Å². The third-order valence-corrected chi connectivity index (χ3v) is 2.08. The number of carbonyl (C=O) groups is 1. The van der Waals surface area contributed by atoms with E-state index in [1.807, 2.05) is 6.92 Å². The summed E-state index contributed by atoms with van der Waals surface area (Å²) in [5, 5.41) is 8.72. The lowest BCUT2D eigenvalue weighted by Gasteiger charge is -2.08. The standard InChI is InChI=1S/C11H15NO3/c1-8-10(4-3-7-13)12-6-5-11(8)15-9(2)14/h5-6,13H,3-4,7H2,1-2H3. The molecule has 0 amide bonds. The molecule has 1 rings (SSSR count). The predicted octanol–water partition coefficient (Wildman–Crippen LogP) is 1.24. The van der Waals surface area contributed by atoms with Gasteiger partial charge in [-0.05, 0) is 25.8 Å². The lowest BCUT2D eigenvalue weighted by Crippen LogP contribution is -2.05. The Morgan fingerprint density at radius 1 is 1.60 bits per heavy atom. The number of pyridine rings is 1. The number of nitrogens with zero attached hydrogens (tertiary/aromatic N) is 1. The highest BCUT2D eigenvalue weighted by Gasteiger charge is 2.07. The van der Waals surface area contributed by atoms with E-state index in [9.17, 15) is 4.79 Å². The van der Waals surface area contributed by atoms with Gasteiger partial charge in [0.25, 0.3) is 0 Å². The molecular weight excluding hydrogens is 194 g/mol. The van der Waals surface area contributed by atoms with Gasteiger partial charge in [-0.15, -0.1) is 0 Å². The number of rotatable bonds is 4. The molecule has 0 bridgehead atoms. The van der Waals surface area contributed by atoms with E-state index in [4.69, 9.17) is 9.84 Å². The number of hydrogen-bond donors (Lipinski definition) is 1. The molecule has 0 aliphatic carbocycles. The number of carbonyl (C=O) groups excluding carboxylic acids is 1. The minimum Gasteiger partial charge on any atom is -0.426 e. The molecule has 82 valence electrons. The molecule has 0 saturated carbocycles. The number of hydrogen-bond acceptors (Lipinski definition) is 4. The van der Waals surface area contributed by atoms with Crippen molar-refractivity contribution in [3.63, 3.8) is 0 Å². The summed E-state index contributed by atoms with van der Waals surface area (Å²) >= 11 is 0. The Morgan fingerprint density at radius 3 is 2.93 bits per heavy atom. The molecule has 0 spiro atoms. The Hall–Kier alpha value is -1.42. The third kappa shape index (κ3) is 3.32. The molecule has 15 heavy (non-hydrogen) atoms. The lowest BCUT2D eigenvalue weighted by atomic mass is 10.1. The molecule has 4 nitrogen and oxygen atoms in total. The van der Waals surface area contributed by atoms with Gasteiger partial charge in [-0.1, -0.05) is 0 Å². The van der Waals surface area contributed by atoms with Gasteiger partial charge in [-0.25, -0.2) is 0 Å². The minimum atomic E-state index is -0.336. The summed E-state index contributed by atoms with van der Waals surface area (Å²) in [4.78, 5) is 15.0. The summed E-state index contributed by atoms with van der Waals surface area (Å²) < 4.78 is 5.02. The summed E-state index contributed by atoms with van der Waals surface area (Å²) in [6.45, 7) is 3.37. The molecular formula is C11H15NO3. The lowest BCUT2D eigenvalue weighted by molar-refractivity contribution is -0.131. The Balaban J connectivity index is 2.85. The van der Waals surface area contributed by atoms with Crippen LogP contribution in [0.2, 0.25) is 0 Å². The van der Waals surface area contributed by atoms with Gasteiger partial charge in [0.15, 0.2) is 0 Å². The summed E-state index contributed by atoms with van der Waals surface area (Å²) in [5.41, 5.74) is 1.73. The van der Waals surface area contributed by atoms with E-state index in [0.29, 0.717) is 18.6 Å². The number of aliphatic hydroxyl groups is 1. The quantitative estimate of drug-likeness (QED) is 0.758. The van der Waals surface area contributed by atoms with E-state index in [1.165, 1.54) is 6.92 Å². The van der Waals surface area contributed by atoms with Gasteiger partial charge in [-0.3, -0.25) is 9.78 Å². The Morgan fingerprint density at radius 2 is 2.33 bits per heavy atom. The second kappa shape index (κ2) is 5.46. The molecule has 1 N–H and O–H groups in total. The zero-order valence-electron chi connectivity index (χ0n) is 8.99. The second-order valence-corrected chi connectivity index (χ2v) is 3.30. The fourth-order valence-corrected chi connectivity index (χ4v) is 1.32. The highest BCUT2D eigenvalue weighted by Crippen LogP contribution is 2.20. The van der Waals surface area contributed by atoms with Crippen LogP contribution in [0.1, 0.15) is 24.6 Å². The van der Waals surface area contributed by atoms with E-state index < -0.39 is 0 Å². The van der Waals surface area contributed by atoms with Crippen LogP contribution < -0.4 is 4.74 Å². The maximum absolute atomic E-state index is 10.8. The number of ether oxygens (including phenoxy) is 1. The smallest absolute Gasteiger partial charge is 0.308 e. The van der Waals surface area contributed by atoms with Gasteiger partial charge in [0.2, 0.25) is 0 Å². The molecule has 0 radical (unpaired) electrons. The number of aryl methyl sites for hydroxylation is 1. The van der Waals surface area contributed by atoms with Gasteiger partial charge >= 0.3 is 5.97 Å². The molecule has 0 aliphatic heterocycles. The van der Waals surface area contributed by atoms with Gasteiger partial charge in [0.05, 0.1) is 0 Å². The summed E-state index contributed by atoms with van der Waals surface area (Å²) in [7, 11) is 0. The minimum absolute atomic E-state index is 0.138. The zero-order valence-corrected chi connectivity index (χ0v) is 8.99. The van der Waals surface area contributed by atoms with Crippen molar-refractivity contribution < 1.29 is 14.6 Å². The molecule has 1 heterocycles. The van der Waals surface area contributed by atoms with E-state index in [2.05, 4.69) is 4.98 Å². The molecule has 0 aromatic carbocycles. The summed E-state index contributed by atoms with van der Waals surface area (Å²) in [6, 6.07) is 1.67. The van der Waals surface area contributed by atoms with Crippen molar-refractivity contribution in [1.82, 2.24) is 4.98 Å². The van der Waals surface area contributed by atoms with E-state index in [-0.39, 0.29) is 12.6 Å². The van der Waals surface area contributed by atoms with Gasteiger partial charge in [0, 0.05) is 31.0 Å². The summed E-state index contributed by atoms with van der Waals surface area (Å²) in [5.74, 6) is 0.211. The highest BCUT2D eigenvalue weighted by atomic mass is 16.5. The summed E-state index contributed by atoms with van der Waals surface area (Å²) in [6.07, 6.45) is 2.97. The highest BCUT2D eigenvalue weighted by molar-refractivity contribution is 5.69. The molecule has 0 unspecified atom stereocenters. The van der Waals surface area contributed by atoms with Gasteiger partial charge in [0.1, 0.15) is 5.75 Å². The normalized spacial score (nSPS) is 10.1. The predicted molar refractivity (Wildman–Crippen MR) is 55.7 cm³/mol. The third-order valence-electron chi connectivity index (χ3n) is 2.08. The Kier molecular flexibility index (Phi) is 4.24. The van der Waals surface area contributed by atoms with Crippen LogP contribution in [0.5, 0.6) is 5.75 Å². The molecule has 4 heteroatoms. The first-order valence-electron chi connectivity index (χ1n) is 4.89. The topological polar surface area (TPSA) is 59.4 Å². The SMILES string of the molecule is CC(=O)Oc1ccnc(CCCO)c1C. The van der Waals surface area contributed by atoms with Gasteiger partial charge in [-0.2, -0.15) is 0 Å². The van der Waals surface area contributed by atoms with Crippen molar-refractivity contribution >= 4 is 5.97 Å². The van der Waals surface area contributed by atoms with Crippen molar-refractivity contribution in [2.45, 2.75) is 26.7 Å². The number of aliphatic hydroxyl groups excluding tert-OH is 1. The van der Waals surface area contributed by atoms with E-state index in [1.54, 1.807) is 12.3 Å². The maximum Gasteiger partial charge on any atom is 0.308 e. The maximum atomic E-state index is 10.8. The number of aromatic nitrogens is 1. The second-order valence-electron chi connectivity index (χ2n) is 3.30. The molecule has 1 aromatic rings. The van der Waals surface area contributed by atoms with Crippen LogP contribution in [0.4, 0.5) is 0 Å². The first-order chi connectivity index (χ1) is 7.15. The zero-order chi connectivity index (χ0) is 11.3. The van der Waals surface area contributed by atoms with Crippen molar-refractivity contribution in [2.24, 2.45) is 0 Å². The molecule has 0 atom stereocenters. The van der Waals surface area contributed by atoms with Crippen molar-refractivity contribution in [3.8, 4) is 5.75 Å². The van der Waals surface area contributed by atoms with Crippen LogP contribution in [0.25, 0.3) is 0 Å².